The Morgan fingerprint density at radius 3 is 1.79 bits per heavy atom. The van der Waals surface area contributed by atoms with Crippen LogP contribution >= 0.6 is 10.7 Å². The predicted octanol–water partition coefficient (Wildman–Crippen LogP) is -4.23. The Hall–Kier alpha value is -0.300. The van der Waals surface area contributed by atoms with Crippen molar-refractivity contribution < 1.29 is 90.1 Å². The molecule has 0 spiro atoms. The van der Waals surface area contributed by atoms with Gasteiger partial charge >= 0.3 is 68.4 Å². The van der Waals surface area contributed by atoms with Gasteiger partial charge in [-0.05, 0) is 11.1 Å². The summed E-state index contributed by atoms with van der Waals surface area (Å²) in [5.74, 6) is 0.194. The molecule has 0 saturated carbocycles. The van der Waals surface area contributed by atoms with Crippen molar-refractivity contribution in [1.82, 2.24) is 5.32 Å². The summed E-state index contributed by atoms with van der Waals surface area (Å²) in [6.07, 6.45) is 12.5. The number of halogens is 1. The molecule has 150 valence electrons. The van der Waals surface area contributed by atoms with E-state index in [9.17, 15) is 13.2 Å². The van der Waals surface area contributed by atoms with E-state index < -0.39 is 20.2 Å². The molecular weight excluding hydrogens is 466 g/mol. The van der Waals surface area contributed by atoms with Crippen molar-refractivity contribution in [3.63, 3.8) is 0 Å². The summed E-state index contributed by atoms with van der Waals surface area (Å²) in [6.45, 7) is 7.42. The molecule has 2 aliphatic carbocycles. The van der Waals surface area contributed by atoms with Gasteiger partial charge in [0.05, 0.1) is 12.0 Å². The molecule has 2 atom stereocenters. The van der Waals surface area contributed by atoms with E-state index >= 15 is 0 Å². The molecule has 1 amide bonds. The molecule has 1 fully saturated rings. The molecule has 0 aromatic carbocycles. The summed E-state index contributed by atoms with van der Waals surface area (Å²) in [5, 5.41) is 2.75. The smallest absolute Gasteiger partial charge is 0.917 e. The number of nitrogens with zero attached hydrogens (tertiary/aromatic N) is 1. The molecule has 0 aromatic rings. The van der Waals surface area contributed by atoms with Gasteiger partial charge in [-0.3, -0.25) is 4.79 Å². The molecule has 9 nitrogen and oxygen atoms in total. The summed E-state index contributed by atoms with van der Waals surface area (Å²) in [6, 6.07) is 0.269. The first-order chi connectivity index (χ1) is 12.0. The van der Waals surface area contributed by atoms with E-state index in [0.29, 0.717) is 0 Å². The van der Waals surface area contributed by atoms with Crippen LogP contribution in [0, 0.1) is 5.92 Å². The Kier molecular flexibility index (Phi) is 23.0. The normalized spacial score (nSPS) is 18.8. The van der Waals surface area contributed by atoms with Gasteiger partial charge in [-0.15, -0.1) is 0 Å². The summed E-state index contributed by atoms with van der Waals surface area (Å²) in [5.41, 5.74) is 2.04. The molecule has 3 aliphatic rings. The van der Waals surface area contributed by atoms with Crippen LogP contribution < -0.4 is 64.4 Å². The third-order valence-electron chi connectivity index (χ3n) is 2.75. The number of isocyanates is 1. The maximum absolute atomic E-state index is 10.7. The van der Waals surface area contributed by atoms with Gasteiger partial charge in [-0.1, -0.05) is 61.4 Å². The van der Waals surface area contributed by atoms with E-state index in [1.807, 2.05) is 36.5 Å². The van der Waals surface area contributed by atoms with Crippen molar-refractivity contribution in [2.75, 3.05) is 0 Å². The molecule has 3 rings (SSSR count). The molecule has 1 N–H and O–H groups in total. The van der Waals surface area contributed by atoms with Gasteiger partial charge in [0.1, 0.15) is 0 Å². The largest absolute Gasteiger partial charge is 1.00 e. The molecule has 1 saturated heterocycles. The minimum Gasteiger partial charge on any atom is -0.917 e. The van der Waals surface area contributed by atoms with Crippen LogP contribution in [0.3, 0.4) is 0 Å². The molecule has 29 heavy (non-hydrogen) atoms. The summed E-state index contributed by atoms with van der Waals surface area (Å²) in [7, 11) is -2.74. The number of amides is 1. The van der Waals surface area contributed by atoms with Gasteiger partial charge in [0.15, 0.2) is 0 Å². The number of fused-ring (bicyclic) bond motifs is 1. The van der Waals surface area contributed by atoms with Crippen molar-refractivity contribution in [3.8, 4) is 0 Å². The molecule has 0 radical (unpaired) electrons. The van der Waals surface area contributed by atoms with Crippen LogP contribution in [0.15, 0.2) is 65.2 Å². The summed E-state index contributed by atoms with van der Waals surface area (Å²) >= 11 is 0. The Bertz CT molecular complexity index is 868. The van der Waals surface area contributed by atoms with Crippen LogP contribution in [0.1, 0.15) is 7.43 Å². The van der Waals surface area contributed by atoms with E-state index in [0.717, 1.165) is 17.2 Å². The van der Waals surface area contributed by atoms with E-state index in [1.165, 1.54) is 0 Å². The number of carbonyl (C=O) groups is 1. The number of carbonyl (C=O) groups excluding carboxylic acids is 2. The number of hydrogen-bond acceptors (Lipinski definition) is 8. The number of allylic oxidation sites excluding steroid dienone is 6. The molecular formula is C15H17ClN2Na2O7S2. The molecule has 0 aromatic heterocycles. The Morgan fingerprint density at radius 2 is 1.62 bits per heavy atom. The van der Waals surface area contributed by atoms with Gasteiger partial charge in [0, 0.05) is 10.7 Å². The average molecular weight is 483 g/mol. The topological polar surface area (TPSA) is 150 Å². The van der Waals surface area contributed by atoms with E-state index in [2.05, 4.69) is 33.6 Å². The van der Waals surface area contributed by atoms with E-state index in [-0.39, 0.29) is 84.4 Å². The first-order valence-corrected chi connectivity index (χ1v) is 9.76. The quantitative estimate of drug-likeness (QED) is 0.0581. The van der Waals surface area contributed by atoms with Gasteiger partial charge in [-0.25, -0.2) is 4.79 Å². The Labute approximate surface area is 220 Å². The average Bonchev–Trinajstić information content (AvgIpc) is 3.04. The second-order valence-electron chi connectivity index (χ2n) is 4.54. The second kappa shape index (κ2) is 18.5. The number of rotatable bonds is 1. The van der Waals surface area contributed by atoms with E-state index in [4.69, 9.17) is 17.8 Å². The van der Waals surface area contributed by atoms with Crippen molar-refractivity contribution >= 4 is 42.9 Å². The minimum absolute atomic E-state index is 0. The standard InChI is InChI=1S/C7H7NO.C6H6.CClNO3S.CH4.2Na.O3S/c1-4-2-3-5-6(4)7(9)8-5;1-6-4-2-3-5-6;2-7(5,6)3-1-4;;;;1-4(2)3/h2-3,5-6H,1H2,(H,8,9);2-5H,1H2;;1H4;;;/q;;;;2*+1;-2. The van der Waals surface area contributed by atoms with Crippen LogP contribution in [0.5, 0.6) is 0 Å². The van der Waals surface area contributed by atoms with Crippen molar-refractivity contribution in [3.05, 3.63) is 60.8 Å². The van der Waals surface area contributed by atoms with Gasteiger partial charge < -0.3 is 18.3 Å². The zero-order chi connectivity index (χ0) is 20.3. The first-order valence-electron chi connectivity index (χ1n) is 6.49. The molecule has 0 bridgehead atoms. The van der Waals surface area contributed by atoms with Crippen molar-refractivity contribution in [1.29, 1.82) is 0 Å². The molecule has 2 unspecified atom stereocenters. The Balaban J connectivity index is -0.000000144. The first kappa shape index (κ1) is 36.1. The van der Waals surface area contributed by atoms with Crippen LogP contribution in [0.2, 0.25) is 0 Å². The van der Waals surface area contributed by atoms with E-state index in [1.54, 1.807) is 0 Å². The monoisotopic (exact) mass is 482 g/mol. The zero-order valence-corrected chi connectivity index (χ0v) is 21.4. The fourth-order valence-electron chi connectivity index (χ4n) is 1.75. The molecule has 1 aliphatic heterocycles. The third kappa shape index (κ3) is 18.2. The second-order valence-corrected chi connectivity index (χ2v) is 7.12. The maximum Gasteiger partial charge on any atom is 1.00 e. The van der Waals surface area contributed by atoms with Crippen LogP contribution in [-0.2, 0) is 38.2 Å². The van der Waals surface area contributed by atoms with Crippen molar-refractivity contribution in [2.45, 2.75) is 13.5 Å². The fraction of sp³-hybridized carbons (Fsp3) is 0.200. The third-order valence-corrected chi connectivity index (χ3v) is 3.25. The maximum atomic E-state index is 10.7. The van der Waals surface area contributed by atoms with Crippen LogP contribution in [0.25, 0.3) is 0 Å². The van der Waals surface area contributed by atoms with Gasteiger partial charge in [0.2, 0.25) is 5.91 Å². The molecule has 1 heterocycles. The zero-order valence-electron chi connectivity index (χ0n) is 15.0. The van der Waals surface area contributed by atoms with Crippen molar-refractivity contribution in [2.24, 2.45) is 10.3 Å². The van der Waals surface area contributed by atoms with Gasteiger partial charge in [-0.2, -0.15) is 19.4 Å². The van der Waals surface area contributed by atoms with Crippen LogP contribution in [-0.4, -0.2) is 31.0 Å². The summed E-state index contributed by atoms with van der Waals surface area (Å²) < 4.78 is 46.7. The number of nitrogens with one attached hydrogen (secondary N) is 1. The SMILES string of the molecule is C.C=C1C=CC2NC(=O)C12.C=C1C=CC=C1.O=C=NS(=O)(=O)Cl.O=[S-](=O)[O-].[Na+].[Na+]. The van der Waals surface area contributed by atoms with Crippen LogP contribution in [0.4, 0.5) is 0 Å². The molecule has 14 heteroatoms. The van der Waals surface area contributed by atoms with Gasteiger partial charge in [0.25, 0.3) is 6.08 Å². The number of β-lactam (4-membered cyclic amide) rings is 1. The minimum atomic E-state index is -4.00. The predicted molar refractivity (Wildman–Crippen MR) is 100 cm³/mol. The Morgan fingerprint density at radius 1 is 1.17 bits per heavy atom. The number of hydrogen-bond donors (Lipinski definition) is 1. The fourth-order valence-corrected chi connectivity index (χ4v) is 1.93. The summed E-state index contributed by atoms with van der Waals surface area (Å²) in [4.78, 5) is 19.8.